The van der Waals surface area contributed by atoms with Crippen molar-refractivity contribution in [3.8, 4) is 11.4 Å². The first kappa shape index (κ1) is 16.1. The van der Waals surface area contributed by atoms with Crippen LogP contribution in [-0.4, -0.2) is 19.8 Å². The van der Waals surface area contributed by atoms with E-state index in [1.165, 1.54) is 12.1 Å². The smallest absolute Gasteiger partial charge is 0.185 e. The standard InChI is InChI=1S/C18H12ClFN4S/c19-15-4-2-1-3-13(15)11-25-17-10-9-16-21-22-18(24(16)23-17)12-5-7-14(20)8-6-12/h1-10H,11H2. The predicted octanol–water partition coefficient (Wildman–Crippen LogP) is 4.88. The molecule has 124 valence electrons. The number of aromatic nitrogens is 4. The average molecular weight is 371 g/mol. The van der Waals surface area contributed by atoms with E-state index in [4.69, 9.17) is 11.6 Å². The molecule has 0 saturated heterocycles. The van der Waals surface area contributed by atoms with Crippen LogP contribution in [0.15, 0.2) is 65.7 Å². The van der Waals surface area contributed by atoms with Crippen molar-refractivity contribution < 1.29 is 4.39 Å². The Bertz CT molecular complexity index is 1030. The second-order valence-corrected chi connectivity index (χ2v) is 6.75. The molecule has 25 heavy (non-hydrogen) atoms. The third-order valence-corrected chi connectivity index (χ3v) is 5.01. The van der Waals surface area contributed by atoms with Crippen LogP contribution in [0.25, 0.3) is 17.0 Å². The van der Waals surface area contributed by atoms with Crippen molar-refractivity contribution in [2.75, 3.05) is 0 Å². The van der Waals surface area contributed by atoms with Gasteiger partial charge in [0.05, 0.1) is 0 Å². The van der Waals surface area contributed by atoms with Gasteiger partial charge >= 0.3 is 0 Å². The molecular weight excluding hydrogens is 359 g/mol. The van der Waals surface area contributed by atoms with Gasteiger partial charge in [0.15, 0.2) is 11.5 Å². The van der Waals surface area contributed by atoms with E-state index in [2.05, 4.69) is 15.3 Å². The minimum atomic E-state index is -0.290. The SMILES string of the molecule is Fc1ccc(-c2nnc3ccc(SCc4ccccc4Cl)nn23)cc1. The lowest BCUT2D eigenvalue weighted by atomic mass is 10.2. The predicted molar refractivity (Wildman–Crippen MR) is 97.2 cm³/mol. The van der Waals surface area contributed by atoms with Gasteiger partial charge in [-0.2, -0.15) is 9.61 Å². The Kier molecular flexibility index (Phi) is 4.38. The fraction of sp³-hybridized carbons (Fsp3) is 0.0556. The molecule has 2 aromatic heterocycles. The molecule has 0 amide bonds. The summed E-state index contributed by atoms with van der Waals surface area (Å²) in [5, 5.41) is 14.5. The van der Waals surface area contributed by atoms with E-state index >= 15 is 0 Å². The second-order valence-electron chi connectivity index (χ2n) is 5.35. The summed E-state index contributed by atoms with van der Waals surface area (Å²) in [4.78, 5) is 0. The van der Waals surface area contributed by atoms with Gasteiger partial charge in [0.1, 0.15) is 10.8 Å². The summed E-state index contributed by atoms with van der Waals surface area (Å²) in [5.74, 6) is 1.00. The zero-order valence-corrected chi connectivity index (χ0v) is 14.5. The summed E-state index contributed by atoms with van der Waals surface area (Å²) in [7, 11) is 0. The van der Waals surface area contributed by atoms with Gasteiger partial charge in [0, 0.05) is 16.3 Å². The summed E-state index contributed by atoms with van der Waals surface area (Å²) in [5.41, 5.74) is 2.45. The fourth-order valence-corrected chi connectivity index (χ4v) is 3.54. The van der Waals surface area contributed by atoms with Crippen molar-refractivity contribution in [3.05, 3.63) is 77.1 Å². The van der Waals surface area contributed by atoms with E-state index in [9.17, 15) is 4.39 Å². The fourth-order valence-electron chi connectivity index (χ4n) is 2.40. The van der Waals surface area contributed by atoms with Gasteiger partial charge in [0.2, 0.25) is 0 Å². The Labute approximate surface area is 152 Å². The summed E-state index contributed by atoms with van der Waals surface area (Å²) in [6, 6.07) is 17.6. The van der Waals surface area contributed by atoms with Gasteiger partial charge in [0.25, 0.3) is 0 Å². The van der Waals surface area contributed by atoms with E-state index < -0.39 is 0 Å². The molecule has 0 saturated carbocycles. The van der Waals surface area contributed by atoms with Crippen LogP contribution in [0.5, 0.6) is 0 Å². The lowest BCUT2D eigenvalue weighted by Crippen LogP contribution is -1.97. The Hall–Kier alpha value is -2.44. The van der Waals surface area contributed by atoms with E-state index in [-0.39, 0.29) is 5.82 Å². The van der Waals surface area contributed by atoms with Crippen molar-refractivity contribution in [2.24, 2.45) is 0 Å². The molecule has 2 aromatic carbocycles. The van der Waals surface area contributed by atoms with Crippen LogP contribution in [0, 0.1) is 5.82 Å². The number of hydrogen-bond acceptors (Lipinski definition) is 4. The Morgan fingerprint density at radius 3 is 2.56 bits per heavy atom. The van der Waals surface area contributed by atoms with Crippen LogP contribution < -0.4 is 0 Å². The summed E-state index contributed by atoms with van der Waals surface area (Å²) in [6.07, 6.45) is 0. The molecule has 0 bridgehead atoms. The zero-order valence-electron chi connectivity index (χ0n) is 12.9. The summed E-state index contributed by atoms with van der Waals surface area (Å²) in [6.45, 7) is 0. The number of halogens is 2. The molecule has 0 aliphatic heterocycles. The van der Waals surface area contributed by atoms with Crippen LogP contribution in [0.2, 0.25) is 5.02 Å². The van der Waals surface area contributed by atoms with Gasteiger partial charge < -0.3 is 0 Å². The monoisotopic (exact) mass is 370 g/mol. The lowest BCUT2D eigenvalue weighted by molar-refractivity contribution is 0.628. The maximum absolute atomic E-state index is 13.1. The first-order valence-corrected chi connectivity index (χ1v) is 8.92. The quantitative estimate of drug-likeness (QED) is 0.480. The average Bonchev–Trinajstić information content (AvgIpc) is 3.05. The van der Waals surface area contributed by atoms with Crippen LogP contribution in [-0.2, 0) is 5.75 Å². The largest absolute Gasteiger partial charge is 0.207 e. The maximum Gasteiger partial charge on any atom is 0.185 e. The van der Waals surface area contributed by atoms with Crippen molar-refractivity contribution in [3.63, 3.8) is 0 Å². The summed E-state index contributed by atoms with van der Waals surface area (Å²) >= 11 is 7.78. The van der Waals surface area contributed by atoms with Crippen molar-refractivity contribution in [2.45, 2.75) is 10.8 Å². The minimum Gasteiger partial charge on any atom is -0.207 e. The molecule has 0 aliphatic carbocycles. The molecule has 0 unspecified atom stereocenters. The number of rotatable bonds is 4. The number of thioether (sulfide) groups is 1. The van der Waals surface area contributed by atoms with E-state index in [1.807, 2.05) is 36.4 Å². The molecule has 4 nitrogen and oxygen atoms in total. The molecule has 0 N–H and O–H groups in total. The van der Waals surface area contributed by atoms with E-state index in [1.54, 1.807) is 28.4 Å². The van der Waals surface area contributed by atoms with Crippen molar-refractivity contribution in [1.82, 2.24) is 19.8 Å². The molecule has 4 aromatic rings. The Balaban J connectivity index is 1.64. The lowest BCUT2D eigenvalue weighted by Gasteiger charge is -2.05. The van der Waals surface area contributed by atoms with Gasteiger partial charge in [-0.1, -0.05) is 41.6 Å². The molecule has 0 aliphatic rings. The normalized spacial score (nSPS) is 11.1. The van der Waals surface area contributed by atoms with Crippen LogP contribution >= 0.6 is 23.4 Å². The number of hydrogen-bond donors (Lipinski definition) is 0. The number of benzene rings is 2. The number of fused-ring (bicyclic) bond motifs is 1. The molecule has 0 radical (unpaired) electrons. The molecule has 4 rings (SSSR count). The molecular formula is C18H12ClFN4S. The van der Waals surface area contributed by atoms with Crippen LogP contribution in [0.4, 0.5) is 4.39 Å². The second kappa shape index (κ2) is 6.82. The summed E-state index contributed by atoms with van der Waals surface area (Å²) < 4.78 is 14.8. The minimum absolute atomic E-state index is 0.290. The topological polar surface area (TPSA) is 43.1 Å². The maximum atomic E-state index is 13.1. The first-order valence-electron chi connectivity index (χ1n) is 7.55. The van der Waals surface area contributed by atoms with Gasteiger partial charge in [-0.25, -0.2) is 4.39 Å². The van der Waals surface area contributed by atoms with E-state index in [0.29, 0.717) is 17.2 Å². The molecule has 2 heterocycles. The Morgan fingerprint density at radius 2 is 1.76 bits per heavy atom. The molecule has 7 heteroatoms. The highest BCUT2D eigenvalue weighted by Crippen LogP contribution is 2.26. The third kappa shape index (κ3) is 3.36. The van der Waals surface area contributed by atoms with Crippen molar-refractivity contribution in [1.29, 1.82) is 0 Å². The van der Waals surface area contributed by atoms with Crippen molar-refractivity contribution >= 4 is 29.0 Å². The highest BCUT2D eigenvalue weighted by molar-refractivity contribution is 7.98. The third-order valence-electron chi connectivity index (χ3n) is 3.67. The first-order chi connectivity index (χ1) is 12.2. The van der Waals surface area contributed by atoms with Gasteiger partial charge in [-0.3, -0.25) is 0 Å². The number of nitrogens with zero attached hydrogens (tertiary/aromatic N) is 4. The Morgan fingerprint density at radius 1 is 0.960 bits per heavy atom. The molecule has 0 fully saturated rings. The highest BCUT2D eigenvalue weighted by atomic mass is 35.5. The van der Waals surface area contributed by atoms with Gasteiger partial charge in [-0.15, -0.1) is 10.2 Å². The zero-order chi connectivity index (χ0) is 17.2. The van der Waals surface area contributed by atoms with Crippen LogP contribution in [0.1, 0.15) is 5.56 Å². The molecule has 0 spiro atoms. The van der Waals surface area contributed by atoms with Gasteiger partial charge in [-0.05, 0) is 48.0 Å². The van der Waals surface area contributed by atoms with Crippen LogP contribution in [0.3, 0.4) is 0 Å². The highest BCUT2D eigenvalue weighted by Gasteiger charge is 2.11. The van der Waals surface area contributed by atoms with E-state index in [0.717, 1.165) is 21.2 Å². The molecule has 0 atom stereocenters.